The van der Waals surface area contributed by atoms with Crippen molar-refractivity contribution in [3.05, 3.63) is 95.6 Å². The molecular weight excluding hydrogens is 408 g/mol. The van der Waals surface area contributed by atoms with E-state index in [1.54, 1.807) is 42.5 Å². The van der Waals surface area contributed by atoms with Gasteiger partial charge in [-0.05, 0) is 67.1 Å². The molecule has 1 atom stereocenters. The molecule has 31 heavy (non-hydrogen) atoms. The van der Waals surface area contributed by atoms with E-state index in [2.05, 4.69) is 17.4 Å². The Morgan fingerprint density at radius 3 is 2.29 bits per heavy atom. The topological polar surface area (TPSA) is 66.5 Å². The van der Waals surface area contributed by atoms with E-state index in [9.17, 15) is 13.2 Å². The van der Waals surface area contributed by atoms with Gasteiger partial charge in [0.05, 0.1) is 16.6 Å². The van der Waals surface area contributed by atoms with Gasteiger partial charge in [0.1, 0.15) is 6.54 Å². The standard InChI is InChI=1S/C25H26N2O3S/c1-19(21-16-15-20-9-8-10-22(20)17-21)26-25(28)18-27(23-11-4-2-5-12-23)31(29,30)24-13-6-3-7-14-24/h2-7,11-17,19H,8-10,18H2,1H3,(H,26,28). The maximum absolute atomic E-state index is 13.3. The molecular formula is C25H26N2O3S. The Balaban J connectivity index is 1.55. The van der Waals surface area contributed by atoms with Crippen molar-refractivity contribution < 1.29 is 13.2 Å². The third-order valence-electron chi connectivity index (χ3n) is 5.66. The number of aryl methyl sites for hydroxylation is 2. The maximum Gasteiger partial charge on any atom is 0.264 e. The molecule has 1 amide bonds. The second-order valence-electron chi connectivity index (χ2n) is 7.83. The Kier molecular flexibility index (Phi) is 6.09. The molecule has 1 N–H and O–H groups in total. The van der Waals surface area contributed by atoms with Crippen molar-refractivity contribution in [2.45, 2.75) is 37.1 Å². The molecule has 3 aromatic carbocycles. The molecule has 160 valence electrons. The molecule has 0 aliphatic heterocycles. The van der Waals surface area contributed by atoms with Crippen LogP contribution in [0.1, 0.15) is 36.1 Å². The van der Waals surface area contributed by atoms with Crippen molar-refractivity contribution in [2.75, 3.05) is 10.8 Å². The second-order valence-corrected chi connectivity index (χ2v) is 9.69. The minimum Gasteiger partial charge on any atom is -0.348 e. The fraction of sp³-hybridized carbons (Fsp3) is 0.240. The maximum atomic E-state index is 13.3. The Labute approximate surface area is 183 Å². The highest BCUT2D eigenvalue weighted by atomic mass is 32.2. The van der Waals surface area contributed by atoms with Gasteiger partial charge in [-0.25, -0.2) is 8.42 Å². The molecule has 1 aliphatic rings. The summed E-state index contributed by atoms with van der Waals surface area (Å²) in [6.45, 7) is 1.63. The number of amides is 1. The SMILES string of the molecule is CC(NC(=O)CN(c1ccccc1)S(=O)(=O)c1ccccc1)c1ccc2c(c1)CCC2. The number of anilines is 1. The summed E-state index contributed by atoms with van der Waals surface area (Å²) in [7, 11) is -3.89. The molecule has 0 saturated heterocycles. The lowest BCUT2D eigenvalue weighted by Gasteiger charge is -2.25. The van der Waals surface area contributed by atoms with Crippen LogP contribution in [0.25, 0.3) is 0 Å². The summed E-state index contributed by atoms with van der Waals surface area (Å²) in [5.41, 5.74) is 4.21. The van der Waals surface area contributed by atoms with Gasteiger partial charge in [-0.1, -0.05) is 54.6 Å². The Morgan fingerprint density at radius 2 is 1.58 bits per heavy atom. The van der Waals surface area contributed by atoms with E-state index in [0.717, 1.165) is 22.7 Å². The van der Waals surface area contributed by atoms with Gasteiger partial charge < -0.3 is 5.32 Å². The molecule has 0 bridgehead atoms. The van der Waals surface area contributed by atoms with Gasteiger partial charge in [0.2, 0.25) is 5.91 Å². The molecule has 0 aromatic heterocycles. The number of fused-ring (bicyclic) bond motifs is 1. The van der Waals surface area contributed by atoms with E-state index < -0.39 is 10.0 Å². The predicted molar refractivity (Wildman–Crippen MR) is 122 cm³/mol. The number of para-hydroxylation sites is 1. The van der Waals surface area contributed by atoms with Crippen LogP contribution in [0.4, 0.5) is 5.69 Å². The van der Waals surface area contributed by atoms with Crippen molar-refractivity contribution in [2.24, 2.45) is 0 Å². The van der Waals surface area contributed by atoms with E-state index in [4.69, 9.17) is 0 Å². The molecule has 0 radical (unpaired) electrons. The first kappa shape index (κ1) is 21.1. The van der Waals surface area contributed by atoms with Crippen molar-refractivity contribution in [3.63, 3.8) is 0 Å². The molecule has 1 unspecified atom stereocenters. The highest BCUT2D eigenvalue weighted by molar-refractivity contribution is 7.92. The summed E-state index contributed by atoms with van der Waals surface area (Å²) >= 11 is 0. The number of nitrogens with one attached hydrogen (secondary N) is 1. The molecule has 4 rings (SSSR count). The molecule has 6 heteroatoms. The first-order valence-electron chi connectivity index (χ1n) is 10.5. The lowest BCUT2D eigenvalue weighted by atomic mass is 10.0. The summed E-state index contributed by atoms with van der Waals surface area (Å²) < 4.78 is 27.8. The van der Waals surface area contributed by atoms with Gasteiger partial charge in [0, 0.05) is 0 Å². The number of rotatable bonds is 7. The summed E-state index contributed by atoms with van der Waals surface area (Å²) in [5.74, 6) is -0.351. The molecule has 0 heterocycles. The summed E-state index contributed by atoms with van der Waals surface area (Å²) in [5, 5.41) is 2.97. The summed E-state index contributed by atoms with van der Waals surface area (Å²) in [6.07, 6.45) is 3.35. The number of sulfonamides is 1. The average molecular weight is 435 g/mol. The van der Waals surface area contributed by atoms with Crippen LogP contribution in [0, 0.1) is 0 Å². The van der Waals surface area contributed by atoms with Crippen molar-refractivity contribution in [3.8, 4) is 0 Å². The molecule has 0 saturated carbocycles. The monoisotopic (exact) mass is 434 g/mol. The first-order valence-corrected chi connectivity index (χ1v) is 11.9. The van der Waals surface area contributed by atoms with Crippen molar-refractivity contribution in [1.29, 1.82) is 0 Å². The molecule has 5 nitrogen and oxygen atoms in total. The number of hydrogen-bond donors (Lipinski definition) is 1. The van der Waals surface area contributed by atoms with Crippen molar-refractivity contribution >= 4 is 21.6 Å². The second kappa shape index (κ2) is 8.94. The number of hydrogen-bond acceptors (Lipinski definition) is 3. The Hall–Kier alpha value is -3.12. The van der Waals surface area contributed by atoms with E-state index in [1.165, 1.54) is 29.7 Å². The van der Waals surface area contributed by atoms with E-state index in [1.807, 2.05) is 19.1 Å². The van der Waals surface area contributed by atoms with Gasteiger partial charge in [0.15, 0.2) is 0 Å². The van der Waals surface area contributed by atoms with Gasteiger partial charge >= 0.3 is 0 Å². The normalized spacial score (nSPS) is 14.0. The van der Waals surface area contributed by atoms with Gasteiger partial charge in [-0.15, -0.1) is 0 Å². The van der Waals surface area contributed by atoms with Crippen LogP contribution >= 0.6 is 0 Å². The highest BCUT2D eigenvalue weighted by Crippen LogP contribution is 2.26. The highest BCUT2D eigenvalue weighted by Gasteiger charge is 2.27. The molecule has 0 fully saturated rings. The lowest BCUT2D eigenvalue weighted by molar-refractivity contribution is -0.120. The van der Waals surface area contributed by atoms with E-state index >= 15 is 0 Å². The van der Waals surface area contributed by atoms with Crippen LogP contribution in [0.15, 0.2) is 83.8 Å². The van der Waals surface area contributed by atoms with Gasteiger partial charge in [-0.3, -0.25) is 9.10 Å². The van der Waals surface area contributed by atoms with Gasteiger partial charge in [-0.2, -0.15) is 0 Å². The van der Waals surface area contributed by atoms with Crippen LogP contribution in [-0.4, -0.2) is 20.9 Å². The zero-order valence-corrected chi connectivity index (χ0v) is 18.3. The first-order chi connectivity index (χ1) is 14.9. The molecule has 3 aromatic rings. The molecule has 1 aliphatic carbocycles. The lowest BCUT2D eigenvalue weighted by Crippen LogP contribution is -2.41. The van der Waals surface area contributed by atoms with E-state index in [-0.39, 0.29) is 23.4 Å². The van der Waals surface area contributed by atoms with Crippen LogP contribution in [0.5, 0.6) is 0 Å². The van der Waals surface area contributed by atoms with Crippen LogP contribution in [0.2, 0.25) is 0 Å². The quantitative estimate of drug-likeness (QED) is 0.605. The van der Waals surface area contributed by atoms with E-state index in [0.29, 0.717) is 5.69 Å². The average Bonchev–Trinajstić information content (AvgIpc) is 3.26. The summed E-state index contributed by atoms with van der Waals surface area (Å²) in [6, 6.07) is 23.0. The minimum atomic E-state index is -3.89. The third kappa shape index (κ3) is 4.64. The zero-order chi connectivity index (χ0) is 21.8. The third-order valence-corrected chi connectivity index (χ3v) is 7.45. The van der Waals surface area contributed by atoms with Crippen LogP contribution < -0.4 is 9.62 Å². The molecule has 0 spiro atoms. The Morgan fingerprint density at radius 1 is 0.935 bits per heavy atom. The fourth-order valence-corrected chi connectivity index (χ4v) is 5.43. The smallest absolute Gasteiger partial charge is 0.264 e. The number of carbonyl (C=O) groups excluding carboxylic acids is 1. The summed E-state index contributed by atoms with van der Waals surface area (Å²) in [4.78, 5) is 13.1. The number of carbonyl (C=O) groups is 1. The number of nitrogens with zero attached hydrogens (tertiary/aromatic N) is 1. The predicted octanol–water partition coefficient (Wildman–Crippen LogP) is 4.25. The zero-order valence-electron chi connectivity index (χ0n) is 17.5. The number of benzene rings is 3. The van der Waals surface area contributed by atoms with Crippen LogP contribution in [0.3, 0.4) is 0 Å². The minimum absolute atomic E-state index is 0.151. The van der Waals surface area contributed by atoms with Gasteiger partial charge in [0.25, 0.3) is 10.0 Å². The van der Waals surface area contributed by atoms with Crippen molar-refractivity contribution in [1.82, 2.24) is 5.32 Å². The fourth-order valence-electron chi connectivity index (χ4n) is 3.99. The Bertz CT molecular complexity index is 1160. The van der Waals surface area contributed by atoms with Crippen LogP contribution in [-0.2, 0) is 27.7 Å². The largest absolute Gasteiger partial charge is 0.348 e.